The molecule has 1 amide bonds. The van der Waals surface area contributed by atoms with Crippen LogP contribution in [0.3, 0.4) is 0 Å². The Morgan fingerprint density at radius 2 is 1.75 bits per heavy atom. The molecule has 1 aliphatic heterocycles. The van der Waals surface area contributed by atoms with E-state index >= 15 is 0 Å². The molecule has 0 saturated carbocycles. The molecule has 2 aliphatic rings. The van der Waals surface area contributed by atoms with Gasteiger partial charge in [-0.05, 0) is 35.4 Å². The molecule has 1 fully saturated rings. The molecule has 1 N–H and O–H groups in total. The van der Waals surface area contributed by atoms with Crippen LogP contribution < -0.4 is 14.8 Å². The maximum atomic E-state index is 12.7. The van der Waals surface area contributed by atoms with E-state index in [-0.39, 0.29) is 24.2 Å². The Kier molecular flexibility index (Phi) is 6.98. The van der Waals surface area contributed by atoms with Gasteiger partial charge in [-0.25, -0.2) is 0 Å². The lowest BCUT2D eigenvalue weighted by molar-refractivity contribution is -0.123. The van der Waals surface area contributed by atoms with Crippen LogP contribution in [0.1, 0.15) is 33.9 Å². The molecule has 0 aromatic heterocycles. The number of benzene rings is 2. The largest absolute Gasteiger partial charge is 0.493 e. The Morgan fingerprint density at radius 3 is 2.44 bits per heavy atom. The Bertz CT molecular complexity index is 1000. The van der Waals surface area contributed by atoms with E-state index in [4.69, 9.17) is 21.1 Å². The lowest BCUT2D eigenvalue weighted by atomic mass is 10.1. The summed E-state index contributed by atoms with van der Waals surface area (Å²) in [4.78, 5) is 29.7. The second-order valence-corrected chi connectivity index (χ2v) is 8.66. The number of amides is 1. The number of carbonyl (C=O) groups is 2. The third kappa shape index (κ3) is 5.06. The molecule has 7 nitrogen and oxygen atoms in total. The number of nitrogens with one attached hydrogen (secondary N) is 1. The number of nitrogens with zero attached hydrogens (tertiary/aromatic N) is 2. The van der Waals surface area contributed by atoms with E-state index in [1.165, 1.54) is 12.7 Å². The van der Waals surface area contributed by atoms with Gasteiger partial charge in [-0.1, -0.05) is 23.7 Å². The molecule has 32 heavy (non-hydrogen) atoms. The van der Waals surface area contributed by atoms with Crippen molar-refractivity contribution in [2.45, 2.75) is 19.0 Å². The molecule has 1 saturated heterocycles. The second kappa shape index (κ2) is 9.90. The number of piperazine rings is 1. The van der Waals surface area contributed by atoms with Gasteiger partial charge in [-0.3, -0.25) is 19.4 Å². The molecular formula is C24H28ClN3O4. The highest BCUT2D eigenvalue weighted by molar-refractivity contribution is 6.30. The fourth-order valence-corrected chi connectivity index (χ4v) is 4.61. The van der Waals surface area contributed by atoms with Gasteiger partial charge in [0.15, 0.2) is 17.3 Å². The molecule has 1 unspecified atom stereocenters. The van der Waals surface area contributed by atoms with Crippen LogP contribution in [0.15, 0.2) is 36.4 Å². The zero-order valence-electron chi connectivity index (χ0n) is 18.4. The first-order valence-electron chi connectivity index (χ1n) is 10.7. The van der Waals surface area contributed by atoms with E-state index in [1.807, 2.05) is 18.2 Å². The summed E-state index contributed by atoms with van der Waals surface area (Å²) in [7, 11) is 3.10. The SMILES string of the molecule is COc1cc2c(cc1OC)C(NC(=O)CN1CCN(Cc3cccc(Cl)c3)CC1)CC2=O. The van der Waals surface area contributed by atoms with Gasteiger partial charge in [0.1, 0.15) is 0 Å². The van der Waals surface area contributed by atoms with Gasteiger partial charge < -0.3 is 14.8 Å². The van der Waals surface area contributed by atoms with Crippen molar-refractivity contribution in [1.82, 2.24) is 15.1 Å². The Hall–Kier alpha value is -2.61. The molecule has 8 heteroatoms. The van der Waals surface area contributed by atoms with Crippen LogP contribution in [0, 0.1) is 0 Å². The summed E-state index contributed by atoms with van der Waals surface area (Å²) in [6.45, 7) is 4.59. The molecule has 1 atom stereocenters. The zero-order chi connectivity index (χ0) is 22.7. The van der Waals surface area contributed by atoms with E-state index in [1.54, 1.807) is 19.2 Å². The van der Waals surface area contributed by atoms with Crippen molar-refractivity contribution in [1.29, 1.82) is 0 Å². The van der Waals surface area contributed by atoms with E-state index in [2.05, 4.69) is 21.2 Å². The van der Waals surface area contributed by atoms with E-state index < -0.39 is 0 Å². The van der Waals surface area contributed by atoms with Crippen LogP contribution in [-0.4, -0.2) is 68.4 Å². The third-order valence-electron chi connectivity index (χ3n) is 6.08. The van der Waals surface area contributed by atoms with E-state index in [0.29, 0.717) is 23.6 Å². The molecule has 170 valence electrons. The predicted octanol–water partition coefficient (Wildman–Crippen LogP) is 2.92. The quantitative estimate of drug-likeness (QED) is 0.689. The number of hydrogen-bond acceptors (Lipinski definition) is 6. The van der Waals surface area contributed by atoms with Crippen LogP contribution in [0.2, 0.25) is 5.02 Å². The third-order valence-corrected chi connectivity index (χ3v) is 6.32. The van der Waals surface area contributed by atoms with Crippen molar-refractivity contribution >= 4 is 23.3 Å². The number of carbonyl (C=O) groups excluding carboxylic acids is 2. The molecule has 0 bridgehead atoms. The molecular weight excluding hydrogens is 430 g/mol. The minimum Gasteiger partial charge on any atom is -0.493 e. The topological polar surface area (TPSA) is 71.1 Å². The summed E-state index contributed by atoms with van der Waals surface area (Å²) in [5, 5.41) is 3.78. The van der Waals surface area contributed by atoms with Crippen LogP contribution >= 0.6 is 11.6 Å². The lowest BCUT2D eigenvalue weighted by Crippen LogP contribution is -2.49. The Labute approximate surface area is 193 Å². The van der Waals surface area contributed by atoms with Crippen LogP contribution in [0.5, 0.6) is 11.5 Å². The van der Waals surface area contributed by atoms with Crippen molar-refractivity contribution in [2.24, 2.45) is 0 Å². The molecule has 0 radical (unpaired) electrons. The Morgan fingerprint density at radius 1 is 1.06 bits per heavy atom. The van der Waals surface area contributed by atoms with Crippen molar-refractivity contribution in [3.8, 4) is 11.5 Å². The standard InChI is InChI=1S/C24H28ClN3O4/c1-31-22-11-18-19(12-23(22)32-2)21(29)13-20(18)26-24(30)15-28-8-6-27(7-9-28)14-16-4-3-5-17(25)10-16/h3-5,10-12,20H,6-9,13-15H2,1-2H3,(H,26,30). The first kappa shape index (κ1) is 22.6. The highest BCUT2D eigenvalue weighted by atomic mass is 35.5. The van der Waals surface area contributed by atoms with Crippen molar-refractivity contribution in [2.75, 3.05) is 46.9 Å². The fraction of sp³-hybridized carbons (Fsp3) is 0.417. The maximum Gasteiger partial charge on any atom is 0.234 e. The average molecular weight is 458 g/mol. The van der Waals surface area contributed by atoms with Gasteiger partial charge in [0.25, 0.3) is 0 Å². The van der Waals surface area contributed by atoms with Gasteiger partial charge in [-0.15, -0.1) is 0 Å². The number of rotatable bonds is 7. The number of hydrogen-bond donors (Lipinski definition) is 1. The first-order chi connectivity index (χ1) is 15.5. The predicted molar refractivity (Wildman–Crippen MR) is 123 cm³/mol. The minimum absolute atomic E-state index is 0.000817. The highest BCUT2D eigenvalue weighted by Gasteiger charge is 2.32. The molecule has 2 aromatic rings. The monoisotopic (exact) mass is 457 g/mol. The summed E-state index contributed by atoms with van der Waals surface area (Å²) in [5.41, 5.74) is 2.57. The molecule has 2 aromatic carbocycles. The van der Waals surface area contributed by atoms with Crippen LogP contribution in [0.25, 0.3) is 0 Å². The first-order valence-corrected chi connectivity index (χ1v) is 11.1. The summed E-state index contributed by atoms with van der Waals surface area (Å²) in [6, 6.07) is 11.1. The smallest absolute Gasteiger partial charge is 0.234 e. The normalized spacial score (nSPS) is 19.0. The van der Waals surface area contributed by atoms with Gasteiger partial charge in [0.2, 0.25) is 5.91 Å². The van der Waals surface area contributed by atoms with Gasteiger partial charge in [0, 0.05) is 49.7 Å². The van der Waals surface area contributed by atoms with Gasteiger partial charge in [0.05, 0.1) is 26.8 Å². The van der Waals surface area contributed by atoms with Crippen LogP contribution in [-0.2, 0) is 11.3 Å². The molecule has 4 rings (SSSR count). The minimum atomic E-state index is -0.339. The fourth-order valence-electron chi connectivity index (χ4n) is 4.40. The summed E-state index contributed by atoms with van der Waals surface area (Å²) < 4.78 is 10.7. The van der Waals surface area contributed by atoms with Gasteiger partial charge >= 0.3 is 0 Å². The molecule has 0 spiro atoms. The van der Waals surface area contributed by atoms with Crippen LogP contribution in [0.4, 0.5) is 0 Å². The molecule has 1 heterocycles. The van der Waals surface area contributed by atoms with E-state index in [9.17, 15) is 9.59 Å². The van der Waals surface area contributed by atoms with Crippen molar-refractivity contribution < 1.29 is 19.1 Å². The summed E-state index contributed by atoms with van der Waals surface area (Å²) >= 11 is 6.08. The number of ketones is 1. The summed E-state index contributed by atoms with van der Waals surface area (Å²) in [6.07, 6.45) is 0.255. The Balaban J connectivity index is 1.30. The number of methoxy groups -OCH3 is 2. The summed E-state index contributed by atoms with van der Waals surface area (Å²) in [5.74, 6) is 0.993. The van der Waals surface area contributed by atoms with Gasteiger partial charge in [-0.2, -0.15) is 0 Å². The second-order valence-electron chi connectivity index (χ2n) is 8.22. The van der Waals surface area contributed by atoms with E-state index in [0.717, 1.165) is 43.3 Å². The zero-order valence-corrected chi connectivity index (χ0v) is 19.2. The highest BCUT2D eigenvalue weighted by Crippen LogP contribution is 2.39. The number of ether oxygens (including phenoxy) is 2. The average Bonchev–Trinajstić information content (AvgIpc) is 3.08. The number of Topliss-reactive ketones (excluding diaryl/α,β-unsaturated/α-hetero) is 1. The van der Waals surface area contributed by atoms with Crippen molar-refractivity contribution in [3.63, 3.8) is 0 Å². The lowest BCUT2D eigenvalue weighted by Gasteiger charge is -2.34. The number of fused-ring (bicyclic) bond motifs is 1. The number of halogens is 1. The maximum absolute atomic E-state index is 12.7. The molecule has 1 aliphatic carbocycles. The van der Waals surface area contributed by atoms with Crippen molar-refractivity contribution in [3.05, 3.63) is 58.1 Å².